The van der Waals surface area contributed by atoms with Crippen molar-refractivity contribution in [3.63, 3.8) is 0 Å². The van der Waals surface area contributed by atoms with Gasteiger partial charge in [0.2, 0.25) is 0 Å². The maximum absolute atomic E-state index is 5.84. The van der Waals surface area contributed by atoms with Gasteiger partial charge in [-0.1, -0.05) is 13.8 Å². The van der Waals surface area contributed by atoms with Crippen LogP contribution in [-0.4, -0.2) is 35.6 Å². The number of aromatic nitrogens is 1. The Morgan fingerprint density at radius 2 is 2.18 bits per heavy atom. The third-order valence-electron chi connectivity index (χ3n) is 3.21. The molecule has 0 aliphatic carbocycles. The fraction of sp³-hybridized carbons (Fsp3) is 0.769. The van der Waals surface area contributed by atoms with Gasteiger partial charge in [0.05, 0.1) is 6.61 Å². The van der Waals surface area contributed by atoms with Crippen molar-refractivity contribution in [3.05, 3.63) is 16.1 Å². The molecule has 1 aliphatic rings. The maximum Gasteiger partial charge on any atom is 0.123 e. The van der Waals surface area contributed by atoms with Crippen LogP contribution in [0.5, 0.6) is 0 Å². The molecule has 1 unspecified atom stereocenters. The Morgan fingerprint density at radius 1 is 1.41 bits per heavy atom. The van der Waals surface area contributed by atoms with Gasteiger partial charge in [-0.2, -0.15) is 0 Å². The number of nitrogens with zero attached hydrogens (tertiary/aromatic N) is 2. The van der Waals surface area contributed by atoms with Crippen LogP contribution in [0.15, 0.2) is 6.20 Å². The van der Waals surface area contributed by atoms with Crippen molar-refractivity contribution in [2.75, 3.05) is 19.7 Å². The Balaban J connectivity index is 2.05. The smallest absolute Gasteiger partial charge is 0.123 e. The molecule has 3 nitrogen and oxygen atoms in total. The third kappa shape index (κ3) is 3.06. The number of rotatable bonds is 3. The van der Waals surface area contributed by atoms with Crippen LogP contribution in [0.3, 0.4) is 0 Å². The van der Waals surface area contributed by atoms with Crippen LogP contribution in [-0.2, 0) is 4.74 Å². The quantitative estimate of drug-likeness (QED) is 0.829. The number of thiazole rings is 1. The highest BCUT2D eigenvalue weighted by Crippen LogP contribution is 2.30. The fourth-order valence-electron chi connectivity index (χ4n) is 2.00. The van der Waals surface area contributed by atoms with E-state index in [1.54, 1.807) is 11.3 Å². The lowest BCUT2D eigenvalue weighted by molar-refractivity contribution is -0.0402. The highest BCUT2D eigenvalue weighted by atomic mass is 32.1. The molecule has 0 radical (unpaired) electrons. The second-order valence-electron chi connectivity index (χ2n) is 5.20. The highest BCUT2D eigenvalue weighted by Gasteiger charge is 2.25. The lowest BCUT2D eigenvalue weighted by Gasteiger charge is -2.34. The predicted octanol–water partition coefficient (Wildman–Crippen LogP) is 3.05. The predicted molar refractivity (Wildman–Crippen MR) is 71.6 cm³/mol. The van der Waals surface area contributed by atoms with Crippen LogP contribution in [0, 0.1) is 0 Å². The first-order valence-electron chi connectivity index (χ1n) is 6.39. The van der Waals surface area contributed by atoms with Gasteiger partial charge in [0.15, 0.2) is 0 Å². The van der Waals surface area contributed by atoms with Crippen LogP contribution in [0.4, 0.5) is 0 Å². The first-order valence-corrected chi connectivity index (χ1v) is 7.21. The molecule has 1 aromatic heterocycles. The van der Waals surface area contributed by atoms with Gasteiger partial charge in [-0.15, -0.1) is 11.3 Å². The summed E-state index contributed by atoms with van der Waals surface area (Å²) in [5, 5.41) is 1.14. The van der Waals surface area contributed by atoms with Crippen molar-refractivity contribution in [2.45, 2.75) is 45.8 Å². The summed E-state index contributed by atoms with van der Waals surface area (Å²) in [5.74, 6) is 0.561. The van der Waals surface area contributed by atoms with Crippen molar-refractivity contribution < 1.29 is 4.74 Å². The van der Waals surface area contributed by atoms with Gasteiger partial charge >= 0.3 is 0 Å². The lowest BCUT2D eigenvalue weighted by atomic mass is 10.2. The summed E-state index contributed by atoms with van der Waals surface area (Å²) in [4.78, 5) is 8.34. The average molecular weight is 254 g/mol. The van der Waals surface area contributed by atoms with E-state index >= 15 is 0 Å². The van der Waals surface area contributed by atoms with Crippen LogP contribution in [0.1, 0.15) is 49.6 Å². The van der Waals surface area contributed by atoms with E-state index in [9.17, 15) is 0 Å². The summed E-state index contributed by atoms with van der Waals surface area (Å²) in [6.07, 6.45) is 2.17. The molecule has 2 heterocycles. The molecule has 17 heavy (non-hydrogen) atoms. The first-order chi connectivity index (χ1) is 8.08. The van der Waals surface area contributed by atoms with E-state index in [-0.39, 0.29) is 6.10 Å². The van der Waals surface area contributed by atoms with Gasteiger partial charge in [-0.05, 0) is 19.8 Å². The number of ether oxygens (including phenoxy) is 1. The summed E-state index contributed by atoms with van der Waals surface area (Å²) in [5.41, 5.74) is 0. The molecule has 0 amide bonds. The van der Waals surface area contributed by atoms with Crippen molar-refractivity contribution in [1.29, 1.82) is 0 Å². The van der Waals surface area contributed by atoms with Gasteiger partial charge in [0.25, 0.3) is 0 Å². The monoisotopic (exact) mass is 254 g/mol. The summed E-state index contributed by atoms with van der Waals surface area (Å²) >= 11 is 1.80. The van der Waals surface area contributed by atoms with Crippen LogP contribution < -0.4 is 0 Å². The molecular formula is C13H22N2OS. The van der Waals surface area contributed by atoms with Gasteiger partial charge in [0.1, 0.15) is 11.1 Å². The minimum absolute atomic E-state index is 0.170. The van der Waals surface area contributed by atoms with E-state index in [4.69, 9.17) is 4.74 Å². The second kappa shape index (κ2) is 5.46. The van der Waals surface area contributed by atoms with E-state index in [2.05, 4.69) is 37.6 Å². The zero-order chi connectivity index (χ0) is 12.4. The molecule has 1 atom stereocenters. The fourth-order valence-corrected chi connectivity index (χ4v) is 2.97. The average Bonchev–Trinajstić information content (AvgIpc) is 2.78. The number of morpholine rings is 1. The SMILES string of the molecule is CC(C)c1cnc(C2CN(C(C)C)CCO2)s1. The Labute approximate surface area is 108 Å². The molecule has 0 aromatic carbocycles. The van der Waals surface area contributed by atoms with Crippen molar-refractivity contribution in [1.82, 2.24) is 9.88 Å². The van der Waals surface area contributed by atoms with Gasteiger partial charge in [-0.3, -0.25) is 4.90 Å². The lowest BCUT2D eigenvalue weighted by Crippen LogP contribution is -2.42. The third-order valence-corrected chi connectivity index (χ3v) is 4.60. The summed E-state index contributed by atoms with van der Waals surface area (Å²) in [6, 6.07) is 0.589. The largest absolute Gasteiger partial charge is 0.368 e. The highest BCUT2D eigenvalue weighted by molar-refractivity contribution is 7.11. The Kier molecular flexibility index (Phi) is 4.17. The Bertz CT molecular complexity index is 362. The zero-order valence-corrected chi connectivity index (χ0v) is 12.0. The van der Waals surface area contributed by atoms with Crippen LogP contribution in [0.2, 0.25) is 0 Å². The topological polar surface area (TPSA) is 25.4 Å². The molecular weight excluding hydrogens is 232 g/mol. The van der Waals surface area contributed by atoms with E-state index in [0.29, 0.717) is 12.0 Å². The molecule has 1 fully saturated rings. The van der Waals surface area contributed by atoms with Gasteiger partial charge < -0.3 is 4.74 Å². The molecule has 0 bridgehead atoms. The zero-order valence-electron chi connectivity index (χ0n) is 11.1. The Hall–Kier alpha value is -0.450. The van der Waals surface area contributed by atoms with Crippen LogP contribution in [0.25, 0.3) is 0 Å². The first kappa shape index (κ1) is 13.0. The van der Waals surface area contributed by atoms with E-state index < -0.39 is 0 Å². The molecule has 0 spiro atoms. The van der Waals surface area contributed by atoms with Gasteiger partial charge in [0, 0.05) is 30.2 Å². The molecule has 0 N–H and O–H groups in total. The molecule has 1 saturated heterocycles. The number of hydrogen-bond acceptors (Lipinski definition) is 4. The second-order valence-corrected chi connectivity index (χ2v) is 6.30. The maximum atomic E-state index is 5.84. The molecule has 1 aliphatic heterocycles. The van der Waals surface area contributed by atoms with E-state index in [1.807, 2.05) is 6.20 Å². The molecule has 0 saturated carbocycles. The van der Waals surface area contributed by atoms with Crippen molar-refractivity contribution >= 4 is 11.3 Å². The van der Waals surface area contributed by atoms with Crippen LogP contribution >= 0.6 is 11.3 Å². The van der Waals surface area contributed by atoms with E-state index in [1.165, 1.54) is 4.88 Å². The Morgan fingerprint density at radius 3 is 2.76 bits per heavy atom. The summed E-state index contributed by atoms with van der Waals surface area (Å²) in [7, 11) is 0. The molecule has 96 valence electrons. The van der Waals surface area contributed by atoms with Gasteiger partial charge in [-0.25, -0.2) is 4.98 Å². The minimum Gasteiger partial charge on any atom is -0.368 e. The molecule has 1 aromatic rings. The molecule has 2 rings (SSSR count). The summed E-state index contributed by atoms with van der Waals surface area (Å²) in [6.45, 7) is 11.7. The molecule has 4 heteroatoms. The van der Waals surface area contributed by atoms with Crippen molar-refractivity contribution in [3.8, 4) is 0 Å². The number of hydrogen-bond donors (Lipinski definition) is 0. The standard InChI is InChI=1S/C13H22N2OS/c1-9(2)12-7-14-13(17-12)11-8-15(10(3)4)5-6-16-11/h7,9-11H,5-6,8H2,1-4H3. The minimum atomic E-state index is 0.170. The normalized spacial score (nSPS) is 22.6. The van der Waals surface area contributed by atoms with E-state index in [0.717, 1.165) is 24.7 Å². The van der Waals surface area contributed by atoms with Crippen molar-refractivity contribution in [2.24, 2.45) is 0 Å². The summed E-state index contributed by atoms with van der Waals surface area (Å²) < 4.78 is 5.84.